The van der Waals surface area contributed by atoms with E-state index >= 15 is 0 Å². The lowest BCUT2D eigenvalue weighted by atomic mass is 9.79. The molecule has 128 valence electrons. The van der Waals surface area contributed by atoms with Gasteiger partial charge in [-0.2, -0.15) is 18.4 Å². The zero-order valence-electron chi connectivity index (χ0n) is 14.1. The number of benzene rings is 1. The van der Waals surface area contributed by atoms with Gasteiger partial charge in [-0.3, -0.25) is 0 Å². The number of hydrogen-bond acceptors (Lipinski definition) is 3. The van der Waals surface area contributed by atoms with Crippen molar-refractivity contribution in [3.8, 4) is 6.07 Å². The maximum absolute atomic E-state index is 13.1. The van der Waals surface area contributed by atoms with Crippen LogP contribution in [0.2, 0.25) is 5.82 Å². The van der Waals surface area contributed by atoms with Gasteiger partial charge < -0.3 is 9.31 Å². The molecule has 3 nitrogen and oxygen atoms in total. The lowest BCUT2D eigenvalue weighted by Crippen LogP contribution is -2.41. The summed E-state index contributed by atoms with van der Waals surface area (Å²) in [6.07, 6.45) is -3.81. The van der Waals surface area contributed by atoms with Crippen molar-refractivity contribution in [1.29, 1.82) is 5.26 Å². The first kappa shape index (κ1) is 17.3. The average molecular weight is 337 g/mol. The Morgan fingerprint density at radius 1 is 1.17 bits per heavy atom. The van der Waals surface area contributed by atoms with Gasteiger partial charge in [0.25, 0.3) is 0 Å². The van der Waals surface area contributed by atoms with Gasteiger partial charge in [-0.25, -0.2) is 0 Å². The van der Waals surface area contributed by atoms with Crippen LogP contribution in [0.15, 0.2) is 18.2 Å². The van der Waals surface area contributed by atoms with E-state index in [1.807, 2.05) is 27.7 Å². The van der Waals surface area contributed by atoms with Gasteiger partial charge in [-0.15, -0.1) is 0 Å². The summed E-state index contributed by atoms with van der Waals surface area (Å²) in [5, 5.41) is 8.88. The van der Waals surface area contributed by atoms with Gasteiger partial charge in [0.15, 0.2) is 0 Å². The number of alkyl halides is 3. The molecule has 1 aliphatic carbocycles. The molecule has 2 atom stereocenters. The molecule has 24 heavy (non-hydrogen) atoms. The quantitative estimate of drug-likeness (QED) is 0.745. The molecule has 0 amide bonds. The van der Waals surface area contributed by atoms with Crippen LogP contribution in [-0.2, 0) is 15.5 Å². The van der Waals surface area contributed by atoms with Gasteiger partial charge in [-0.05, 0) is 57.7 Å². The van der Waals surface area contributed by atoms with Gasteiger partial charge in [-0.1, -0.05) is 6.07 Å². The highest BCUT2D eigenvalue weighted by Gasteiger charge is 2.60. The average Bonchev–Trinajstić information content (AvgIpc) is 3.20. The number of rotatable bonds is 2. The molecular formula is C17H19BF3NO2. The van der Waals surface area contributed by atoms with Crippen LogP contribution in [0.3, 0.4) is 0 Å². The van der Waals surface area contributed by atoms with Crippen LogP contribution in [0.5, 0.6) is 0 Å². The van der Waals surface area contributed by atoms with E-state index in [-0.39, 0.29) is 17.3 Å². The molecule has 1 heterocycles. The van der Waals surface area contributed by atoms with Crippen molar-refractivity contribution in [3.05, 3.63) is 34.9 Å². The minimum Gasteiger partial charge on any atom is -0.403 e. The molecule has 3 rings (SSSR count). The Morgan fingerprint density at radius 2 is 1.75 bits per heavy atom. The van der Waals surface area contributed by atoms with Crippen LogP contribution >= 0.6 is 0 Å². The Morgan fingerprint density at radius 3 is 2.25 bits per heavy atom. The smallest absolute Gasteiger partial charge is 0.403 e. The third-order valence-corrected chi connectivity index (χ3v) is 5.36. The summed E-state index contributed by atoms with van der Waals surface area (Å²) in [7, 11) is -0.412. The van der Waals surface area contributed by atoms with Crippen molar-refractivity contribution in [3.63, 3.8) is 0 Å². The van der Waals surface area contributed by atoms with Crippen molar-refractivity contribution >= 4 is 7.12 Å². The molecule has 2 fully saturated rings. The lowest BCUT2D eigenvalue weighted by Gasteiger charge is -2.32. The minimum absolute atomic E-state index is 0.0338. The van der Waals surface area contributed by atoms with Crippen LogP contribution in [0.1, 0.15) is 56.7 Å². The summed E-state index contributed by atoms with van der Waals surface area (Å²) >= 11 is 0. The second kappa shape index (κ2) is 5.24. The van der Waals surface area contributed by atoms with Crippen molar-refractivity contribution in [2.75, 3.05) is 0 Å². The highest BCUT2D eigenvalue weighted by molar-refractivity contribution is 6.49. The maximum Gasteiger partial charge on any atom is 0.461 e. The molecule has 1 aliphatic heterocycles. The summed E-state index contributed by atoms with van der Waals surface area (Å²) in [6, 6.07) is 5.55. The van der Waals surface area contributed by atoms with Gasteiger partial charge >= 0.3 is 13.3 Å². The summed E-state index contributed by atoms with van der Waals surface area (Å²) in [5.41, 5.74) is -1.54. The lowest BCUT2D eigenvalue weighted by molar-refractivity contribution is -0.137. The van der Waals surface area contributed by atoms with E-state index in [1.165, 1.54) is 6.07 Å². The molecule has 0 aromatic heterocycles. The van der Waals surface area contributed by atoms with E-state index in [0.29, 0.717) is 5.56 Å². The standard InChI is InChI=1S/C17H19BF3NO2/c1-15(2)16(3,4)24-18(23-15)14-8-12(14)10-5-6-11(9-22)13(7-10)17(19,20)21/h5-7,12,14H,8H2,1-4H3/t12-,14+/m1/s1. The van der Waals surface area contributed by atoms with Crippen LogP contribution in [0.4, 0.5) is 13.2 Å². The largest absolute Gasteiger partial charge is 0.461 e. The number of nitrogens with zero attached hydrogens (tertiary/aromatic N) is 1. The first-order valence-electron chi connectivity index (χ1n) is 7.93. The molecule has 1 aromatic rings. The fraction of sp³-hybridized carbons (Fsp3) is 0.588. The van der Waals surface area contributed by atoms with Crippen molar-refractivity contribution in [2.45, 2.75) is 63.2 Å². The SMILES string of the molecule is CC1(C)OB([C@H]2C[C@@H]2c2ccc(C#N)c(C(F)(F)F)c2)OC1(C)C. The fourth-order valence-electron chi connectivity index (χ4n) is 3.09. The number of halogens is 3. The second-order valence-corrected chi connectivity index (χ2v) is 7.55. The third-order valence-electron chi connectivity index (χ3n) is 5.36. The monoisotopic (exact) mass is 337 g/mol. The van der Waals surface area contributed by atoms with Crippen molar-refractivity contribution in [1.82, 2.24) is 0 Å². The summed E-state index contributed by atoms with van der Waals surface area (Å²) in [5.74, 6) is 0.00797. The van der Waals surface area contributed by atoms with E-state index < -0.39 is 30.1 Å². The summed E-state index contributed by atoms with van der Waals surface area (Å²) in [6.45, 7) is 7.81. The fourth-order valence-corrected chi connectivity index (χ4v) is 3.09. The second-order valence-electron chi connectivity index (χ2n) is 7.55. The van der Waals surface area contributed by atoms with Crippen LogP contribution < -0.4 is 0 Å². The maximum atomic E-state index is 13.1. The predicted molar refractivity (Wildman–Crippen MR) is 83.3 cm³/mol. The Kier molecular flexibility index (Phi) is 3.78. The molecular weight excluding hydrogens is 318 g/mol. The van der Waals surface area contributed by atoms with E-state index in [4.69, 9.17) is 14.6 Å². The normalized spacial score (nSPS) is 27.8. The van der Waals surface area contributed by atoms with E-state index in [0.717, 1.165) is 12.5 Å². The van der Waals surface area contributed by atoms with Crippen LogP contribution in [0, 0.1) is 11.3 Å². The zero-order valence-corrected chi connectivity index (χ0v) is 14.1. The molecule has 0 spiro atoms. The molecule has 1 saturated heterocycles. The molecule has 1 saturated carbocycles. The Bertz CT molecular complexity index is 693. The van der Waals surface area contributed by atoms with Gasteiger partial charge in [0, 0.05) is 5.82 Å². The van der Waals surface area contributed by atoms with Gasteiger partial charge in [0.2, 0.25) is 0 Å². The molecule has 7 heteroatoms. The molecule has 0 unspecified atom stereocenters. The van der Waals surface area contributed by atoms with E-state index in [1.54, 1.807) is 12.1 Å². The summed E-state index contributed by atoms with van der Waals surface area (Å²) < 4.78 is 51.3. The van der Waals surface area contributed by atoms with Gasteiger partial charge in [0.1, 0.15) is 0 Å². The zero-order chi connectivity index (χ0) is 17.9. The van der Waals surface area contributed by atoms with Crippen LogP contribution in [-0.4, -0.2) is 18.3 Å². The third kappa shape index (κ3) is 2.82. The number of hydrogen-bond donors (Lipinski definition) is 0. The molecule has 2 aliphatic rings. The first-order valence-corrected chi connectivity index (χ1v) is 7.93. The van der Waals surface area contributed by atoms with Crippen LogP contribution in [0.25, 0.3) is 0 Å². The molecule has 1 aromatic carbocycles. The van der Waals surface area contributed by atoms with E-state index in [9.17, 15) is 13.2 Å². The molecule has 0 bridgehead atoms. The summed E-state index contributed by atoms with van der Waals surface area (Å²) in [4.78, 5) is 0. The number of nitriles is 1. The Labute approximate surface area is 139 Å². The highest BCUT2D eigenvalue weighted by Crippen LogP contribution is 2.58. The van der Waals surface area contributed by atoms with Crippen molar-refractivity contribution < 1.29 is 22.5 Å². The first-order chi connectivity index (χ1) is 11.0. The minimum atomic E-state index is -4.53. The molecule has 0 N–H and O–H groups in total. The predicted octanol–water partition coefficient (Wildman–Crippen LogP) is 4.53. The van der Waals surface area contributed by atoms with Crippen molar-refractivity contribution in [2.24, 2.45) is 0 Å². The Balaban J connectivity index is 1.81. The Hall–Kier alpha value is -1.52. The van der Waals surface area contributed by atoms with E-state index in [2.05, 4.69) is 0 Å². The topological polar surface area (TPSA) is 42.2 Å². The molecule has 0 radical (unpaired) electrons. The van der Waals surface area contributed by atoms with Gasteiger partial charge in [0.05, 0.1) is 28.4 Å². The highest BCUT2D eigenvalue weighted by atomic mass is 19.4.